The molecule has 24 heavy (non-hydrogen) atoms. The van der Waals surface area contributed by atoms with E-state index >= 15 is 0 Å². The zero-order valence-electron chi connectivity index (χ0n) is 14.2. The van der Waals surface area contributed by atoms with Crippen LogP contribution in [0.15, 0.2) is 53.7 Å². The third-order valence-corrected chi connectivity index (χ3v) is 4.14. The lowest BCUT2D eigenvalue weighted by molar-refractivity contribution is 0.684. The van der Waals surface area contributed by atoms with E-state index in [1.165, 1.54) is 11.3 Å². The number of guanidine groups is 1. The number of hydrogen-bond donors (Lipinski definition) is 2. The monoisotopic (exact) mass is 324 g/mol. The van der Waals surface area contributed by atoms with Gasteiger partial charge in [0.2, 0.25) is 0 Å². The summed E-state index contributed by atoms with van der Waals surface area (Å²) in [5.74, 6) is 0.782. The van der Waals surface area contributed by atoms with Crippen molar-refractivity contribution in [2.24, 2.45) is 12.0 Å². The molecule has 3 rings (SSSR count). The standard InChI is InChI=1S/C18H24N6/c1-19-18(21-14-17-8-9-22-23(17)2)20-13-15-6-5-7-16(12-15)24-10-3-4-11-24/h3-9,12H,10-11,13-14H2,1-2H3,(H2,19,20,21). The van der Waals surface area contributed by atoms with Gasteiger partial charge in [0.15, 0.2) is 5.96 Å². The molecule has 0 unspecified atom stereocenters. The summed E-state index contributed by atoms with van der Waals surface area (Å²) in [6, 6.07) is 10.6. The molecule has 0 radical (unpaired) electrons. The van der Waals surface area contributed by atoms with E-state index in [0.29, 0.717) is 6.54 Å². The third kappa shape index (κ3) is 3.95. The summed E-state index contributed by atoms with van der Waals surface area (Å²) in [6.07, 6.45) is 6.20. The number of rotatable bonds is 5. The van der Waals surface area contributed by atoms with Crippen LogP contribution in [0.4, 0.5) is 5.69 Å². The first-order valence-electron chi connectivity index (χ1n) is 8.16. The fourth-order valence-electron chi connectivity index (χ4n) is 2.71. The highest BCUT2D eigenvalue weighted by Gasteiger charge is 2.08. The maximum atomic E-state index is 4.28. The Hall–Kier alpha value is -2.76. The van der Waals surface area contributed by atoms with E-state index in [2.05, 4.69) is 62.0 Å². The van der Waals surface area contributed by atoms with Gasteiger partial charge in [0.1, 0.15) is 0 Å². The molecule has 6 heteroatoms. The van der Waals surface area contributed by atoms with Crippen molar-refractivity contribution in [3.8, 4) is 0 Å². The fraction of sp³-hybridized carbons (Fsp3) is 0.333. The van der Waals surface area contributed by atoms with Gasteiger partial charge in [-0.3, -0.25) is 9.67 Å². The molecule has 0 amide bonds. The van der Waals surface area contributed by atoms with Gasteiger partial charge in [-0.25, -0.2) is 0 Å². The molecule has 1 aromatic heterocycles. The minimum Gasteiger partial charge on any atom is -0.364 e. The van der Waals surface area contributed by atoms with Crippen LogP contribution < -0.4 is 15.5 Å². The van der Waals surface area contributed by atoms with E-state index in [1.54, 1.807) is 13.2 Å². The molecule has 0 fully saturated rings. The molecule has 0 aliphatic carbocycles. The zero-order valence-corrected chi connectivity index (χ0v) is 14.2. The van der Waals surface area contributed by atoms with Crippen LogP contribution in [0.2, 0.25) is 0 Å². The van der Waals surface area contributed by atoms with Gasteiger partial charge in [0, 0.05) is 45.6 Å². The van der Waals surface area contributed by atoms with Gasteiger partial charge in [-0.1, -0.05) is 24.3 Å². The highest BCUT2D eigenvalue weighted by Crippen LogP contribution is 2.18. The molecule has 2 aromatic rings. The Bertz CT molecular complexity index is 723. The summed E-state index contributed by atoms with van der Waals surface area (Å²) in [4.78, 5) is 6.62. The van der Waals surface area contributed by atoms with Crippen LogP contribution in [-0.2, 0) is 20.1 Å². The zero-order chi connectivity index (χ0) is 16.8. The Morgan fingerprint density at radius 3 is 2.67 bits per heavy atom. The quantitative estimate of drug-likeness (QED) is 0.499. The lowest BCUT2D eigenvalue weighted by Gasteiger charge is -2.19. The summed E-state index contributed by atoms with van der Waals surface area (Å²) in [6.45, 7) is 3.41. The molecule has 0 atom stereocenters. The first-order chi connectivity index (χ1) is 11.8. The molecule has 0 saturated heterocycles. The predicted octanol–water partition coefficient (Wildman–Crippen LogP) is 1.66. The summed E-state index contributed by atoms with van der Waals surface area (Å²) in [5, 5.41) is 10.8. The van der Waals surface area contributed by atoms with Crippen molar-refractivity contribution in [3.05, 3.63) is 59.9 Å². The van der Waals surface area contributed by atoms with Crippen LogP contribution in [0.5, 0.6) is 0 Å². The number of aliphatic imine (C=N–C) groups is 1. The molecule has 1 aliphatic heterocycles. The fourth-order valence-corrected chi connectivity index (χ4v) is 2.71. The van der Waals surface area contributed by atoms with Gasteiger partial charge in [0.05, 0.1) is 12.2 Å². The topological polar surface area (TPSA) is 57.5 Å². The molecule has 2 N–H and O–H groups in total. The van der Waals surface area contributed by atoms with Crippen molar-refractivity contribution < 1.29 is 0 Å². The van der Waals surface area contributed by atoms with Crippen LogP contribution in [-0.4, -0.2) is 35.9 Å². The minimum atomic E-state index is 0.690. The van der Waals surface area contributed by atoms with Crippen molar-refractivity contribution in [1.82, 2.24) is 20.4 Å². The summed E-state index contributed by atoms with van der Waals surface area (Å²) >= 11 is 0. The number of benzene rings is 1. The summed E-state index contributed by atoms with van der Waals surface area (Å²) in [5.41, 5.74) is 3.61. The van der Waals surface area contributed by atoms with Gasteiger partial charge in [0.25, 0.3) is 0 Å². The van der Waals surface area contributed by atoms with Crippen molar-refractivity contribution in [2.75, 3.05) is 25.0 Å². The smallest absolute Gasteiger partial charge is 0.191 e. The largest absolute Gasteiger partial charge is 0.364 e. The second-order valence-corrected chi connectivity index (χ2v) is 5.77. The maximum absolute atomic E-state index is 4.28. The van der Waals surface area contributed by atoms with E-state index in [-0.39, 0.29) is 0 Å². The van der Waals surface area contributed by atoms with Gasteiger partial charge >= 0.3 is 0 Å². The van der Waals surface area contributed by atoms with Gasteiger partial charge in [-0.05, 0) is 23.8 Å². The number of nitrogens with one attached hydrogen (secondary N) is 2. The second kappa shape index (κ2) is 7.68. The highest BCUT2D eigenvalue weighted by atomic mass is 15.3. The van der Waals surface area contributed by atoms with E-state index in [0.717, 1.165) is 31.3 Å². The van der Waals surface area contributed by atoms with Crippen LogP contribution >= 0.6 is 0 Å². The van der Waals surface area contributed by atoms with Crippen molar-refractivity contribution in [3.63, 3.8) is 0 Å². The van der Waals surface area contributed by atoms with Crippen LogP contribution in [0.1, 0.15) is 11.3 Å². The third-order valence-electron chi connectivity index (χ3n) is 4.14. The summed E-state index contributed by atoms with van der Waals surface area (Å²) < 4.78 is 1.85. The second-order valence-electron chi connectivity index (χ2n) is 5.77. The van der Waals surface area contributed by atoms with Gasteiger partial charge in [-0.15, -0.1) is 0 Å². The highest BCUT2D eigenvalue weighted by molar-refractivity contribution is 5.79. The van der Waals surface area contributed by atoms with Crippen LogP contribution in [0.25, 0.3) is 0 Å². The lowest BCUT2D eigenvalue weighted by atomic mass is 10.2. The molecular weight excluding hydrogens is 300 g/mol. The number of aryl methyl sites for hydroxylation is 1. The first-order valence-corrected chi connectivity index (χ1v) is 8.16. The molecule has 126 valence electrons. The predicted molar refractivity (Wildman–Crippen MR) is 98.0 cm³/mol. The van der Waals surface area contributed by atoms with Crippen molar-refractivity contribution >= 4 is 11.6 Å². The van der Waals surface area contributed by atoms with Crippen molar-refractivity contribution in [2.45, 2.75) is 13.1 Å². The first kappa shape index (κ1) is 16.1. The number of hydrogen-bond acceptors (Lipinski definition) is 3. The molecule has 0 bridgehead atoms. The summed E-state index contributed by atoms with van der Waals surface area (Å²) in [7, 11) is 3.72. The van der Waals surface area contributed by atoms with Gasteiger partial charge < -0.3 is 15.5 Å². The van der Waals surface area contributed by atoms with E-state index in [1.807, 2.05) is 17.8 Å². The van der Waals surface area contributed by atoms with E-state index in [9.17, 15) is 0 Å². The Morgan fingerprint density at radius 1 is 1.17 bits per heavy atom. The molecule has 2 heterocycles. The lowest BCUT2D eigenvalue weighted by Crippen LogP contribution is -2.36. The average Bonchev–Trinajstić information content (AvgIpc) is 3.27. The SMILES string of the molecule is CN=C(NCc1cccc(N2CC=CC2)c1)NCc1ccnn1C. The number of aromatic nitrogens is 2. The van der Waals surface area contributed by atoms with Crippen molar-refractivity contribution in [1.29, 1.82) is 0 Å². The molecule has 0 saturated carbocycles. The maximum Gasteiger partial charge on any atom is 0.191 e. The van der Waals surface area contributed by atoms with Crippen LogP contribution in [0, 0.1) is 0 Å². The normalized spacial score (nSPS) is 14.2. The number of nitrogens with zero attached hydrogens (tertiary/aromatic N) is 4. The molecule has 0 spiro atoms. The van der Waals surface area contributed by atoms with E-state index in [4.69, 9.17) is 0 Å². The molecular formula is C18H24N6. The Kier molecular flexibility index (Phi) is 5.15. The number of anilines is 1. The van der Waals surface area contributed by atoms with Gasteiger partial charge in [-0.2, -0.15) is 5.10 Å². The van der Waals surface area contributed by atoms with Crippen LogP contribution in [0.3, 0.4) is 0 Å². The molecule has 1 aromatic carbocycles. The minimum absolute atomic E-state index is 0.690. The Labute approximate surface area is 142 Å². The Morgan fingerprint density at radius 2 is 1.96 bits per heavy atom. The molecule has 6 nitrogen and oxygen atoms in total. The molecule has 1 aliphatic rings. The van der Waals surface area contributed by atoms with E-state index < -0.39 is 0 Å². The average molecular weight is 324 g/mol. The Balaban J connectivity index is 1.54.